The van der Waals surface area contributed by atoms with Crippen molar-refractivity contribution >= 4 is 0 Å². The second-order valence-corrected chi connectivity index (χ2v) is 4.78. The first kappa shape index (κ1) is 10.4. The highest BCUT2D eigenvalue weighted by Gasteiger charge is 2.40. The number of hydrogen-bond acceptors (Lipinski definition) is 3. The lowest BCUT2D eigenvalue weighted by Gasteiger charge is -2.40. The average molecular weight is 198 g/mol. The highest BCUT2D eigenvalue weighted by Crippen LogP contribution is 2.32. The van der Waals surface area contributed by atoms with E-state index in [1.807, 2.05) is 0 Å². The van der Waals surface area contributed by atoms with Gasteiger partial charge in [0, 0.05) is 19.2 Å². The lowest BCUT2D eigenvalue weighted by atomic mass is 9.94. The predicted molar refractivity (Wildman–Crippen MR) is 57.2 cm³/mol. The fourth-order valence-corrected chi connectivity index (χ4v) is 2.86. The van der Waals surface area contributed by atoms with Gasteiger partial charge in [-0.2, -0.15) is 0 Å². The normalized spacial score (nSPS) is 34.5. The molecule has 3 nitrogen and oxygen atoms in total. The minimum Gasteiger partial charge on any atom is -0.379 e. The van der Waals surface area contributed by atoms with Crippen LogP contribution in [0.4, 0.5) is 0 Å². The van der Waals surface area contributed by atoms with Crippen molar-refractivity contribution in [3.05, 3.63) is 0 Å². The molecule has 0 aromatic rings. The molecule has 1 aliphatic carbocycles. The Bertz CT molecular complexity index is 184. The van der Waals surface area contributed by atoms with E-state index in [1.54, 1.807) is 0 Å². The van der Waals surface area contributed by atoms with Crippen LogP contribution in [0, 0.1) is 0 Å². The summed E-state index contributed by atoms with van der Waals surface area (Å²) in [6.45, 7) is 2.45. The summed E-state index contributed by atoms with van der Waals surface area (Å²) in [6, 6.07) is 0.750. The molecule has 3 heteroatoms. The third-order valence-electron chi connectivity index (χ3n) is 4.08. The van der Waals surface area contributed by atoms with Crippen LogP contribution in [0.1, 0.15) is 32.1 Å². The molecule has 0 aromatic carbocycles. The van der Waals surface area contributed by atoms with E-state index < -0.39 is 0 Å². The van der Waals surface area contributed by atoms with Crippen LogP contribution in [-0.4, -0.2) is 43.3 Å². The second kappa shape index (κ2) is 4.17. The molecule has 0 amide bonds. The molecule has 2 N–H and O–H groups in total. The highest BCUT2D eigenvalue weighted by atomic mass is 16.5. The molecule has 1 unspecified atom stereocenters. The van der Waals surface area contributed by atoms with Gasteiger partial charge in [-0.1, -0.05) is 12.8 Å². The zero-order valence-electron chi connectivity index (χ0n) is 9.17. The number of nitrogens with two attached hydrogens (primary N) is 1. The minimum absolute atomic E-state index is 0.148. The van der Waals surface area contributed by atoms with Gasteiger partial charge in [-0.25, -0.2) is 0 Å². The van der Waals surface area contributed by atoms with Crippen LogP contribution in [-0.2, 0) is 4.74 Å². The maximum atomic E-state index is 5.92. The van der Waals surface area contributed by atoms with E-state index in [2.05, 4.69) is 11.9 Å². The topological polar surface area (TPSA) is 38.5 Å². The van der Waals surface area contributed by atoms with Crippen molar-refractivity contribution in [3.8, 4) is 0 Å². The number of likely N-dealkylation sites (N-methyl/N-ethyl adjacent to an activating group) is 1. The first-order valence-electron chi connectivity index (χ1n) is 5.79. The van der Waals surface area contributed by atoms with Gasteiger partial charge in [-0.3, -0.25) is 4.90 Å². The predicted octanol–water partition coefficient (Wildman–Crippen LogP) is 0.979. The van der Waals surface area contributed by atoms with E-state index in [-0.39, 0.29) is 5.54 Å². The van der Waals surface area contributed by atoms with Crippen molar-refractivity contribution in [1.82, 2.24) is 4.90 Å². The highest BCUT2D eigenvalue weighted by molar-refractivity contribution is 4.97. The van der Waals surface area contributed by atoms with Gasteiger partial charge >= 0.3 is 0 Å². The van der Waals surface area contributed by atoms with E-state index in [0.29, 0.717) is 0 Å². The van der Waals surface area contributed by atoms with Crippen molar-refractivity contribution < 1.29 is 4.74 Å². The number of hydrogen-bond donors (Lipinski definition) is 1. The summed E-state index contributed by atoms with van der Waals surface area (Å²) in [5.74, 6) is 0. The SMILES string of the molecule is CN(C1CCCC1)C1(CN)CCOC1. The molecular formula is C11H22N2O. The Labute approximate surface area is 86.6 Å². The standard InChI is InChI=1S/C11H22N2O/c1-13(10-4-2-3-5-10)11(8-12)6-7-14-9-11/h10H,2-9,12H2,1H3. The maximum absolute atomic E-state index is 5.92. The van der Waals surface area contributed by atoms with E-state index >= 15 is 0 Å². The fraction of sp³-hybridized carbons (Fsp3) is 1.00. The molecule has 0 spiro atoms. The summed E-state index contributed by atoms with van der Waals surface area (Å²) in [6.07, 6.45) is 6.57. The lowest BCUT2D eigenvalue weighted by Crippen LogP contribution is -2.56. The number of rotatable bonds is 3. The summed E-state index contributed by atoms with van der Waals surface area (Å²) in [5, 5.41) is 0. The summed E-state index contributed by atoms with van der Waals surface area (Å²) in [5.41, 5.74) is 6.06. The molecule has 1 atom stereocenters. The molecule has 0 bridgehead atoms. The smallest absolute Gasteiger partial charge is 0.0663 e. The molecule has 1 saturated heterocycles. The molecule has 1 aliphatic heterocycles. The first-order valence-corrected chi connectivity index (χ1v) is 5.79. The Morgan fingerprint density at radius 2 is 2.14 bits per heavy atom. The quantitative estimate of drug-likeness (QED) is 0.734. The molecule has 2 rings (SSSR count). The van der Waals surface area contributed by atoms with E-state index in [4.69, 9.17) is 10.5 Å². The second-order valence-electron chi connectivity index (χ2n) is 4.78. The van der Waals surface area contributed by atoms with Crippen molar-refractivity contribution in [2.45, 2.75) is 43.7 Å². The zero-order valence-corrected chi connectivity index (χ0v) is 9.17. The Balaban J connectivity index is 2.02. The van der Waals surface area contributed by atoms with Crippen LogP contribution >= 0.6 is 0 Å². The van der Waals surface area contributed by atoms with Crippen molar-refractivity contribution in [2.24, 2.45) is 5.73 Å². The molecule has 1 saturated carbocycles. The molecule has 1 heterocycles. The van der Waals surface area contributed by atoms with Crippen molar-refractivity contribution in [2.75, 3.05) is 26.8 Å². The zero-order chi connectivity index (χ0) is 10.0. The molecule has 0 radical (unpaired) electrons. The van der Waals surface area contributed by atoms with Gasteiger partial charge in [0.05, 0.1) is 12.1 Å². The third-order valence-corrected chi connectivity index (χ3v) is 4.08. The summed E-state index contributed by atoms with van der Waals surface area (Å²) >= 11 is 0. The van der Waals surface area contributed by atoms with E-state index in [9.17, 15) is 0 Å². The van der Waals surface area contributed by atoms with Crippen LogP contribution in [0.25, 0.3) is 0 Å². The van der Waals surface area contributed by atoms with Gasteiger partial charge in [0.1, 0.15) is 0 Å². The van der Waals surface area contributed by atoms with Gasteiger partial charge in [0.2, 0.25) is 0 Å². The van der Waals surface area contributed by atoms with Gasteiger partial charge in [0.15, 0.2) is 0 Å². The summed E-state index contributed by atoms with van der Waals surface area (Å²) < 4.78 is 5.51. The number of ether oxygens (including phenoxy) is 1. The summed E-state index contributed by atoms with van der Waals surface area (Å²) in [7, 11) is 2.23. The van der Waals surface area contributed by atoms with Crippen molar-refractivity contribution in [3.63, 3.8) is 0 Å². The molecule has 14 heavy (non-hydrogen) atoms. The first-order chi connectivity index (χ1) is 6.78. The largest absolute Gasteiger partial charge is 0.379 e. The van der Waals surface area contributed by atoms with E-state index in [1.165, 1.54) is 25.7 Å². The summed E-state index contributed by atoms with van der Waals surface area (Å²) in [4.78, 5) is 2.51. The third kappa shape index (κ3) is 1.69. The van der Waals surface area contributed by atoms with E-state index in [0.717, 1.165) is 32.2 Å². The Kier molecular flexibility index (Phi) is 3.10. The van der Waals surface area contributed by atoms with Gasteiger partial charge in [-0.05, 0) is 26.3 Å². The van der Waals surface area contributed by atoms with Crippen molar-refractivity contribution in [1.29, 1.82) is 0 Å². The molecule has 2 fully saturated rings. The average Bonchev–Trinajstić information content (AvgIpc) is 2.89. The Morgan fingerprint density at radius 1 is 1.43 bits per heavy atom. The Morgan fingerprint density at radius 3 is 2.64 bits per heavy atom. The van der Waals surface area contributed by atoms with Gasteiger partial charge in [0.25, 0.3) is 0 Å². The Hall–Kier alpha value is -0.120. The van der Waals surface area contributed by atoms with Crippen LogP contribution < -0.4 is 5.73 Å². The molecule has 82 valence electrons. The van der Waals surface area contributed by atoms with Crippen LogP contribution in [0.3, 0.4) is 0 Å². The van der Waals surface area contributed by atoms with Crippen LogP contribution in [0.15, 0.2) is 0 Å². The molecule has 0 aromatic heterocycles. The van der Waals surface area contributed by atoms with Gasteiger partial charge < -0.3 is 10.5 Å². The van der Waals surface area contributed by atoms with Crippen LogP contribution in [0.2, 0.25) is 0 Å². The van der Waals surface area contributed by atoms with Gasteiger partial charge in [-0.15, -0.1) is 0 Å². The van der Waals surface area contributed by atoms with Crippen LogP contribution in [0.5, 0.6) is 0 Å². The number of nitrogens with zero attached hydrogens (tertiary/aromatic N) is 1. The fourth-order valence-electron chi connectivity index (χ4n) is 2.86. The lowest BCUT2D eigenvalue weighted by molar-refractivity contribution is 0.0611. The molecule has 2 aliphatic rings. The minimum atomic E-state index is 0.148. The molecular weight excluding hydrogens is 176 g/mol. The monoisotopic (exact) mass is 198 g/mol. The maximum Gasteiger partial charge on any atom is 0.0663 e.